The molecule has 0 unspecified atom stereocenters. The van der Waals surface area contributed by atoms with Crippen molar-refractivity contribution >= 4 is 11.4 Å². The summed E-state index contributed by atoms with van der Waals surface area (Å²) < 4.78 is 0. The van der Waals surface area contributed by atoms with Crippen LogP contribution in [0.1, 0.15) is 29.5 Å². The standard InChI is InChI=1S/C18H16N2O2/c21-20(22)13-9-10-17-16(11-13)14-7-4-8-15(14)18(19-17)12-5-2-1-3-6-12/h1-7,9-11,14-15,18-19H,8H2/t14-,15+,18-/m0/s1. The van der Waals surface area contributed by atoms with Crippen molar-refractivity contribution in [3.8, 4) is 0 Å². The third-order valence-corrected chi connectivity index (χ3v) is 4.72. The molecule has 0 spiro atoms. The van der Waals surface area contributed by atoms with E-state index in [1.54, 1.807) is 12.1 Å². The minimum absolute atomic E-state index is 0.165. The number of fused-ring (bicyclic) bond motifs is 3. The fourth-order valence-electron chi connectivity index (χ4n) is 3.69. The van der Waals surface area contributed by atoms with E-state index in [1.807, 2.05) is 12.1 Å². The zero-order valence-electron chi connectivity index (χ0n) is 12.0. The number of allylic oxidation sites excluding steroid dienone is 2. The first-order valence-corrected chi connectivity index (χ1v) is 7.50. The van der Waals surface area contributed by atoms with Crippen molar-refractivity contribution in [2.45, 2.75) is 18.4 Å². The molecule has 0 bridgehead atoms. The van der Waals surface area contributed by atoms with Crippen LogP contribution in [0.15, 0.2) is 60.7 Å². The molecule has 1 N–H and O–H groups in total. The predicted octanol–water partition coefficient (Wildman–Crippen LogP) is 4.42. The van der Waals surface area contributed by atoms with Crippen LogP contribution in [0.5, 0.6) is 0 Å². The zero-order chi connectivity index (χ0) is 15.1. The van der Waals surface area contributed by atoms with E-state index in [-0.39, 0.29) is 22.6 Å². The Morgan fingerprint density at radius 2 is 1.95 bits per heavy atom. The Balaban J connectivity index is 1.79. The van der Waals surface area contributed by atoms with E-state index in [0.717, 1.165) is 17.7 Å². The monoisotopic (exact) mass is 292 g/mol. The topological polar surface area (TPSA) is 55.2 Å². The van der Waals surface area contributed by atoms with Gasteiger partial charge in [0, 0.05) is 23.7 Å². The van der Waals surface area contributed by atoms with E-state index in [1.165, 1.54) is 5.56 Å². The maximum Gasteiger partial charge on any atom is 0.269 e. The van der Waals surface area contributed by atoms with Gasteiger partial charge in [0.15, 0.2) is 0 Å². The highest BCUT2D eigenvalue weighted by molar-refractivity contribution is 5.62. The van der Waals surface area contributed by atoms with Gasteiger partial charge in [0.1, 0.15) is 0 Å². The summed E-state index contributed by atoms with van der Waals surface area (Å²) in [5, 5.41) is 14.6. The van der Waals surface area contributed by atoms with Crippen LogP contribution in [0.4, 0.5) is 11.4 Å². The summed E-state index contributed by atoms with van der Waals surface area (Å²) in [6.07, 6.45) is 5.39. The average Bonchev–Trinajstić information content (AvgIpc) is 3.04. The second kappa shape index (κ2) is 4.98. The zero-order valence-corrected chi connectivity index (χ0v) is 12.0. The van der Waals surface area contributed by atoms with Gasteiger partial charge in [0.05, 0.1) is 11.0 Å². The Bertz CT molecular complexity index is 755. The molecular formula is C18H16N2O2. The molecule has 2 aromatic carbocycles. The molecule has 1 heterocycles. The van der Waals surface area contributed by atoms with Crippen molar-refractivity contribution in [2.75, 3.05) is 5.32 Å². The number of benzene rings is 2. The molecule has 4 heteroatoms. The van der Waals surface area contributed by atoms with Gasteiger partial charge in [-0.15, -0.1) is 0 Å². The summed E-state index contributed by atoms with van der Waals surface area (Å²) in [4.78, 5) is 10.7. The molecule has 0 fully saturated rings. The molecule has 0 saturated heterocycles. The van der Waals surface area contributed by atoms with Crippen LogP contribution < -0.4 is 5.32 Å². The van der Waals surface area contributed by atoms with Gasteiger partial charge in [-0.3, -0.25) is 10.1 Å². The van der Waals surface area contributed by atoms with Crippen molar-refractivity contribution in [3.63, 3.8) is 0 Å². The van der Waals surface area contributed by atoms with Crippen molar-refractivity contribution < 1.29 is 4.92 Å². The third-order valence-electron chi connectivity index (χ3n) is 4.72. The van der Waals surface area contributed by atoms with Crippen LogP contribution in [0.2, 0.25) is 0 Å². The smallest absolute Gasteiger partial charge is 0.269 e. The molecule has 4 nitrogen and oxygen atoms in total. The van der Waals surface area contributed by atoms with Crippen molar-refractivity contribution in [1.82, 2.24) is 0 Å². The Kier molecular flexibility index (Phi) is 2.96. The molecule has 0 radical (unpaired) electrons. The minimum atomic E-state index is -0.322. The van der Waals surface area contributed by atoms with E-state index in [0.29, 0.717) is 5.92 Å². The molecule has 3 atom stereocenters. The van der Waals surface area contributed by atoms with Crippen molar-refractivity contribution in [2.24, 2.45) is 5.92 Å². The molecule has 0 aromatic heterocycles. The van der Waals surface area contributed by atoms with Crippen LogP contribution in [-0.4, -0.2) is 4.92 Å². The Hall–Kier alpha value is -2.62. The average molecular weight is 292 g/mol. The quantitative estimate of drug-likeness (QED) is 0.506. The number of hydrogen-bond acceptors (Lipinski definition) is 3. The molecule has 110 valence electrons. The maximum atomic E-state index is 11.0. The Labute approximate surface area is 128 Å². The van der Waals surface area contributed by atoms with Gasteiger partial charge in [-0.2, -0.15) is 0 Å². The highest BCUT2D eigenvalue weighted by Crippen LogP contribution is 2.50. The lowest BCUT2D eigenvalue weighted by molar-refractivity contribution is -0.384. The number of hydrogen-bond donors (Lipinski definition) is 1. The molecule has 1 aliphatic carbocycles. The van der Waals surface area contributed by atoms with Gasteiger partial charge in [-0.25, -0.2) is 0 Å². The second-order valence-corrected chi connectivity index (χ2v) is 5.91. The highest BCUT2D eigenvalue weighted by Gasteiger charge is 2.38. The van der Waals surface area contributed by atoms with Gasteiger partial charge in [0.2, 0.25) is 0 Å². The molecule has 1 aliphatic heterocycles. The third kappa shape index (κ3) is 1.99. The molecule has 4 rings (SSSR count). The summed E-state index contributed by atoms with van der Waals surface area (Å²) in [5.41, 5.74) is 3.48. The maximum absolute atomic E-state index is 11.0. The summed E-state index contributed by atoms with van der Waals surface area (Å²) in [5.74, 6) is 0.665. The molecular weight excluding hydrogens is 276 g/mol. The number of nitro groups is 1. The van der Waals surface area contributed by atoms with Crippen LogP contribution in [-0.2, 0) is 0 Å². The minimum Gasteiger partial charge on any atom is -0.378 e. The van der Waals surface area contributed by atoms with Crippen LogP contribution >= 0.6 is 0 Å². The van der Waals surface area contributed by atoms with E-state index in [2.05, 4.69) is 41.7 Å². The first-order valence-electron chi connectivity index (χ1n) is 7.50. The van der Waals surface area contributed by atoms with Crippen LogP contribution in [0.3, 0.4) is 0 Å². The van der Waals surface area contributed by atoms with E-state index >= 15 is 0 Å². The molecule has 22 heavy (non-hydrogen) atoms. The normalized spacial score (nSPS) is 25.2. The van der Waals surface area contributed by atoms with Crippen molar-refractivity contribution in [1.29, 1.82) is 0 Å². The summed E-state index contributed by atoms with van der Waals surface area (Å²) in [6, 6.07) is 15.8. The van der Waals surface area contributed by atoms with Gasteiger partial charge in [0.25, 0.3) is 5.69 Å². The lowest BCUT2D eigenvalue weighted by atomic mass is 9.77. The van der Waals surface area contributed by atoms with E-state index < -0.39 is 0 Å². The number of anilines is 1. The van der Waals surface area contributed by atoms with Gasteiger partial charge >= 0.3 is 0 Å². The van der Waals surface area contributed by atoms with E-state index in [9.17, 15) is 10.1 Å². The Morgan fingerprint density at radius 3 is 2.73 bits per heavy atom. The number of nitrogens with zero attached hydrogens (tertiary/aromatic N) is 1. The lowest BCUT2D eigenvalue weighted by Crippen LogP contribution is -2.29. The molecule has 2 aliphatic rings. The van der Waals surface area contributed by atoms with Crippen LogP contribution in [0.25, 0.3) is 0 Å². The van der Waals surface area contributed by atoms with Gasteiger partial charge in [-0.05, 0) is 29.5 Å². The number of nitro benzene ring substituents is 1. The fraction of sp³-hybridized carbons (Fsp3) is 0.222. The Morgan fingerprint density at radius 1 is 1.14 bits per heavy atom. The molecule has 0 amide bonds. The summed E-state index contributed by atoms with van der Waals surface area (Å²) in [7, 11) is 0. The lowest BCUT2D eigenvalue weighted by Gasteiger charge is -2.37. The largest absolute Gasteiger partial charge is 0.378 e. The first kappa shape index (κ1) is 13.1. The first-order chi connectivity index (χ1) is 10.7. The van der Waals surface area contributed by atoms with Gasteiger partial charge in [-0.1, -0.05) is 42.5 Å². The fourth-order valence-corrected chi connectivity index (χ4v) is 3.69. The summed E-state index contributed by atoms with van der Waals surface area (Å²) >= 11 is 0. The SMILES string of the molecule is O=[N+]([O-])c1ccc2c(c1)[C@H]1C=CC[C@H]1[C@H](c1ccccc1)N2. The van der Waals surface area contributed by atoms with Crippen LogP contribution in [0, 0.1) is 16.0 Å². The van der Waals surface area contributed by atoms with Crippen molar-refractivity contribution in [3.05, 3.63) is 81.9 Å². The molecule has 0 saturated carbocycles. The second-order valence-electron chi connectivity index (χ2n) is 5.91. The molecule has 2 aromatic rings. The van der Waals surface area contributed by atoms with E-state index in [4.69, 9.17) is 0 Å². The highest BCUT2D eigenvalue weighted by atomic mass is 16.6. The summed E-state index contributed by atoms with van der Waals surface area (Å²) in [6.45, 7) is 0. The predicted molar refractivity (Wildman–Crippen MR) is 85.9 cm³/mol. The number of non-ortho nitro benzene ring substituents is 1. The van der Waals surface area contributed by atoms with Gasteiger partial charge < -0.3 is 5.32 Å². The number of rotatable bonds is 2. The number of nitrogens with one attached hydrogen (secondary N) is 1.